The molecule has 1 amide bonds. The van der Waals surface area contributed by atoms with Gasteiger partial charge in [-0.1, -0.05) is 17.7 Å². The zero-order chi connectivity index (χ0) is 18.7. The molecule has 0 saturated heterocycles. The van der Waals surface area contributed by atoms with Gasteiger partial charge < -0.3 is 14.6 Å². The Morgan fingerprint density at radius 1 is 1.16 bits per heavy atom. The minimum Gasteiger partial charge on any atom is -0.449 e. The summed E-state index contributed by atoms with van der Waals surface area (Å²) in [6.45, 7) is 12.1. The molecule has 0 unspecified atom stereocenters. The molecule has 0 fully saturated rings. The van der Waals surface area contributed by atoms with E-state index >= 15 is 0 Å². The molecule has 1 aromatic carbocycles. The number of hydrogen-bond donors (Lipinski definition) is 1. The highest BCUT2D eigenvalue weighted by molar-refractivity contribution is 5.98. The highest BCUT2D eigenvalue weighted by atomic mass is 16.5. The third-order valence-corrected chi connectivity index (χ3v) is 4.40. The molecule has 134 valence electrons. The van der Waals surface area contributed by atoms with Crippen molar-refractivity contribution in [2.45, 2.75) is 54.2 Å². The van der Waals surface area contributed by atoms with Gasteiger partial charge in [0.15, 0.2) is 6.10 Å². The standard InChI is InChI=1S/C20H26N2O3/c1-7-22-14(4)11-17(15(22)5)20(24)25-16(6)19(23)21-18-9-8-12(2)10-13(18)3/h8-11,16H,7H2,1-6H3,(H,21,23)/t16-/m1/s1. The monoisotopic (exact) mass is 342 g/mol. The second-order valence-corrected chi connectivity index (χ2v) is 6.38. The molecule has 1 heterocycles. The zero-order valence-electron chi connectivity index (χ0n) is 15.8. The molecule has 2 aromatic rings. The lowest BCUT2D eigenvalue weighted by atomic mass is 10.1. The summed E-state index contributed by atoms with van der Waals surface area (Å²) in [5.41, 5.74) is 5.18. The second kappa shape index (κ2) is 7.55. The number of hydrogen-bond acceptors (Lipinski definition) is 3. The van der Waals surface area contributed by atoms with Crippen LogP contribution in [0, 0.1) is 27.7 Å². The summed E-state index contributed by atoms with van der Waals surface area (Å²) in [4.78, 5) is 24.7. The topological polar surface area (TPSA) is 60.3 Å². The molecule has 0 aliphatic heterocycles. The predicted molar refractivity (Wildman–Crippen MR) is 99.0 cm³/mol. The van der Waals surface area contributed by atoms with Crippen molar-refractivity contribution >= 4 is 17.6 Å². The van der Waals surface area contributed by atoms with E-state index in [9.17, 15) is 9.59 Å². The molecule has 5 nitrogen and oxygen atoms in total. The minimum absolute atomic E-state index is 0.343. The van der Waals surface area contributed by atoms with E-state index in [1.807, 2.05) is 57.4 Å². The molecule has 2 rings (SSSR count). The summed E-state index contributed by atoms with van der Waals surface area (Å²) in [6.07, 6.45) is -0.877. The first-order valence-corrected chi connectivity index (χ1v) is 8.50. The van der Waals surface area contributed by atoms with Crippen LogP contribution in [0.2, 0.25) is 0 Å². The first-order chi connectivity index (χ1) is 11.7. The van der Waals surface area contributed by atoms with Crippen molar-refractivity contribution in [1.82, 2.24) is 4.57 Å². The lowest BCUT2D eigenvalue weighted by Gasteiger charge is -2.15. The molecule has 0 spiro atoms. The minimum atomic E-state index is -0.877. The fraction of sp³-hybridized carbons (Fsp3) is 0.400. The summed E-state index contributed by atoms with van der Waals surface area (Å²) in [5.74, 6) is -0.819. The van der Waals surface area contributed by atoms with E-state index in [0.29, 0.717) is 5.56 Å². The molecule has 0 aliphatic carbocycles. The third kappa shape index (κ3) is 4.10. The Hall–Kier alpha value is -2.56. The number of nitrogens with zero attached hydrogens (tertiary/aromatic N) is 1. The van der Waals surface area contributed by atoms with Crippen molar-refractivity contribution < 1.29 is 14.3 Å². The van der Waals surface area contributed by atoms with Crippen molar-refractivity contribution in [2.75, 3.05) is 5.32 Å². The highest BCUT2D eigenvalue weighted by Gasteiger charge is 2.22. The van der Waals surface area contributed by atoms with Gasteiger partial charge in [0.25, 0.3) is 5.91 Å². The van der Waals surface area contributed by atoms with E-state index in [4.69, 9.17) is 4.74 Å². The van der Waals surface area contributed by atoms with Crippen LogP contribution in [0.3, 0.4) is 0 Å². The summed E-state index contributed by atoms with van der Waals surface area (Å²) >= 11 is 0. The molecular weight excluding hydrogens is 316 g/mol. The van der Waals surface area contributed by atoms with Crippen LogP contribution >= 0.6 is 0 Å². The van der Waals surface area contributed by atoms with E-state index < -0.39 is 12.1 Å². The molecule has 0 aliphatic rings. The van der Waals surface area contributed by atoms with Gasteiger partial charge in [-0.3, -0.25) is 4.79 Å². The van der Waals surface area contributed by atoms with E-state index in [2.05, 4.69) is 5.32 Å². The number of anilines is 1. The average Bonchev–Trinajstić information content (AvgIpc) is 2.84. The maximum absolute atomic E-state index is 12.4. The molecule has 1 N–H and O–H groups in total. The van der Waals surface area contributed by atoms with Crippen molar-refractivity contribution in [1.29, 1.82) is 0 Å². The van der Waals surface area contributed by atoms with Crippen LogP contribution in [0.15, 0.2) is 24.3 Å². The average molecular weight is 342 g/mol. The van der Waals surface area contributed by atoms with E-state index in [1.54, 1.807) is 13.0 Å². The van der Waals surface area contributed by atoms with Crippen LogP contribution in [-0.4, -0.2) is 22.5 Å². The number of esters is 1. The summed E-state index contributed by atoms with van der Waals surface area (Å²) in [5, 5.41) is 2.82. The number of aromatic nitrogens is 1. The first kappa shape index (κ1) is 18.8. The fourth-order valence-electron chi connectivity index (χ4n) is 2.96. The van der Waals surface area contributed by atoms with Crippen LogP contribution < -0.4 is 5.32 Å². The fourth-order valence-corrected chi connectivity index (χ4v) is 2.96. The Labute approximate surface area is 149 Å². The van der Waals surface area contributed by atoms with Crippen molar-refractivity contribution in [3.63, 3.8) is 0 Å². The largest absolute Gasteiger partial charge is 0.449 e. The molecule has 1 atom stereocenters. The maximum Gasteiger partial charge on any atom is 0.340 e. The predicted octanol–water partition coefficient (Wildman–Crippen LogP) is 3.93. The Morgan fingerprint density at radius 2 is 1.84 bits per heavy atom. The first-order valence-electron chi connectivity index (χ1n) is 8.50. The lowest BCUT2D eigenvalue weighted by Crippen LogP contribution is -2.30. The summed E-state index contributed by atoms with van der Waals surface area (Å²) < 4.78 is 7.40. The molecule has 5 heteroatoms. The van der Waals surface area contributed by atoms with Crippen LogP contribution in [0.5, 0.6) is 0 Å². The third-order valence-electron chi connectivity index (χ3n) is 4.40. The quantitative estimate of drug-likeness (QED) is 0.838. The number of carbonyl (C=O) groups is 2. The lowest BCUT2D eigenvalue weighted by molar-refractivity contribution is -0.123. The smallest absolute Gasteiger partial charge is 0.340 e. The highest BCUT2D eigenvalue weighted by Crippen LogP contribution is 2.19. The number of carbonyl (C=O) groups excluding carboxylic acids is 2. The van der Waals surface area contributed by atoms with Gasteiger partial charge >= 0.3 is 5.97 Å². The van der Waals surface area contributed by atoms with Crippen LogP contribution in [0.25, 0.3) is 0 Å². The van der Waals surface area contributed by atoms with Gasteiger partial charge in [-0.15, -0.1) is 0 Å². The number of benzene rings is 1. The van der Waals surface area contributed by atoms with E-state index in [-0.39, 0.29) is 5.91 Å². The summed E-state index contributed by atoms with van der Waals surface area (Å²) in [6, 6.07) is 7.58. The Balaban J connectivity index is 2.07. The molecule has 25 heavy (non-hydrogen) atoms. The number of aryl methyl sites for hydroxylation is 3. The van der Waals surface area contributed by atoms with Crippen molar-refractivity contribution in [3.05, 3.63) is 52.3 Å². The molecule has 0 bridgehead atoms. The Kier molecular flexibility index (Phi) is 5.67. The Morgan fingerprint density at radius 3 is 2.40 bits per heavy atom. The maximum atomic E-state index is 12.4. The van der Waals surface area contributed by atoms with Gasteiger partial charge in [0.2, 0.25) is 0 Å². The second-order valence-electron chi connectivity index (χ2n) is 6.38. The summed E-state index contributed by atoms with van der Waals surface area (Å²) in [7, 11) is 0. The van der Waals surface area contributed by atoms with Gasteiger partial charge in [0.1, 0.15) is 0 Å². The number of ether oxygens (including phenoxy) is 1. The van der Waals surface area contributed by atoms with Crippen LogP contribution in [0.4, 0.5) is 5.69 Å². The van der Waals surface area contributed by atoms with Crippen molar-refractivity contribution in [3.8, 4) is 0 Å². The van der Waals surface area contributed by atoms with Crippen LogP contribution in [-0.2, 0) is 16.1 Å². The number of nitrogens with one attached hydrogen (secondary N) is 1. The SMILES string of the molecule is CCn1c(C)cc(C(=O)O[C@H](C)C(=O)Nc2ccc(C)cc2C)c1C. The van der Waals surface area contributed by atoms with Gasteiger partial charge in [0.05, 0.1) is 5.56 Å². The van der Waals surface area contributed by atoms with E-state index in [0.717, 1.165) is 34.7 Å². The van der Waals surface area contributed by atoms with Gasteiger partial charge in [-0.2, -0.15) is 0 Å². The van der Waals surface area contributed by atoms with Gasteiger partial charge in [-0.05, 0) is 59.2 Å². The molecular formula is C20H26N2O3. The molecule has 0 radical (unpaired) electrons. The van der Waals surface area contributed by atoms with E-state index in [1.165, 1.54) is 0 Å². The Bertz CT molecular complexity index is 806. The zero-order valence-corrected chi connectivity index (χ0v) is 15.8. The normalized spacial score (nSPS) is 11.9. The van der Waals surface area contributed by atoms with Gasteiger partial charge in [-0.25, -0.2) is 4.79 Å². The van der Waals surface area contributed by atoms with Gasteiger partial charge in [0, 0.05) is 23.6 Å². The van der Waals surface area contributed by atoms with Crippen LogP contribution in [0.1, 0.15) is 46.7 Å². The number of rotatable bonds is 5. The molecule has 1 aromatic heterocycles. The molecule has 0 saturated carbocycles. The number of amides is 1. The van der Waals surface area contributed by atoms with Crippen molar-refractivity contribution in [2.24, 2.45) is 0 Å².